The molecule has 9 heteroatoms. The predicted molar refractivity (Wildman–Crippen MR) is 90.1 cm³/mol. The highest BCUT2D eigenvalue weighted by Gasteiger charge is 2.30. The summed E-state index contributed by atoms with van der Waals surface area (Å²) in [6, 6.07) is 9.71. The number of nitrogens with zero attached hydrogens (tertiary/aromatic N) is 3. The number of non-ortho nitro benzene ring substituents is 1. The highest BCUT2D eigenvalue weighted by atomic mass is 32.2. The minimum absolute atomic E-state index is 0.00726. The predicted octanol–water partition coefficient (Wildman–Crippen LogP) is 2.35. The molecular weight excluding hydrogens is 332 g/mol. The van der Waals surface area contributed by atoms with Gasteiger partial charge in [0, 0.05) is 12.1 Å². The number of carbonyl (C=O) groups excluding carboxylic acids is 1. The van der Waals surface area contributed by atoms with E-state index < -0.39 is 10.2 Å². The standard InChI is InChI=1S/C15H12N4O4S/c20-14-13(8-10-3-1-4-11(7-10)19(21)22)24-15(17-14)18-16-9-12-5-2-6-23-12/h1-7,9,13H,8H2,(H,17,18,20)/b16-9-/t13-/m0/s1. The van der Waals surface area contributed by atoms with Crippen molar-refractivity contribution in [3.8, 4) is 0 Å². The van der Waals surface area contributed by atoms with Crippen molar-refractivity contribution >= 4 is 34.7 Å². The minimum Gasteiger partial charge on any atom is -0.463 e. The summed E-state index contributed by atoms with van der Waals surface area (Å²) < 4.78 is 5.08. The number of nitrogens with one attached hydrogen (secondary N) is 1. The van der Waals surface area contributed by atoms with Crippen LogP contribution < -0.4 is 5.32 Å². The topological polar surface area (TPSA) is 110 Å². The Morgan fingerprint density at radius 2 is 2.25 bits per heavy atom. The maximum Gasteiger partial charge on any atom is 0.269 e. The molecule has 0 spiro atoms. The third-order valence-corrected chi connectivity index (χ3v) is 4.27. The summed E-state index contributed by atoms with van der Waals surface area (Å²) in [6.45, 7) is 0. The van der Waals surface area contributed by atoms with E-state index in [9.17, 15) is 14.9 Å². The first-order chi connectivity index (χ1) is 11.6. The summed E-state index contributed by atoms with van der Waals surface area (Å²) in [7, 11) is 0. The number of rotatable bonds is 5. The van der Waals surface area contributed by atoms with Crippen molar-refractivity contribution in [2.45, 2.75) is 11.7 Å². The molecule has 1 amide bonds. The van der Waals surface area contributed by atoms with Crippen LogP contribution in [0, 0.1) is 10.1 Å². The molecule has 1 aromatic heterocycles. The van der Waals surface area contributed by atoms with E-state index in [-0.39, 0.29) is 11.6 Å². The summed E-state index contributed by atoms with van der Waals surface area (Å²) in [5.41, 5.74) is 0.727. The second-order valence-corrected chi connectivity index (χ2v) is 6.08. The lowest BCUT2D eigenvalue weighted by Gasteiger charge is -2.04. The molecule has 0 aliphatic carbocycles. The van der Waals surface area contributed by atoms with Crippen molar-refractivity contribution in [2.24, 2.45) is 10.2 Å². The number of thioether (sulfide) groups is 1. The summed E-state index contributed by atoms with van der Waals surface area (Å²) in [6.07, 6.45) is 3.34. The van der Waals surface area contributed by atoms with Gasteiger partial charge in [0.1, 0.15) is 5.76 Å². The van der Waals surface area contributed by atoms with Crippen molar-refractivity contribution in [2.75, 3.05) is 0 Å². The minimum atomic E-state index is -0.457. The normalized spacial score (nSPS) is 19.1. The van der Waals surface area contributed by atoms with Gasteiger partial charge >= 0.3 is 0 Å². The summed E-state index contributed by atoms with van der Waals surface area (Å²) in [4.78, 5) is 22.3. The van der Waals surface area contributed by atoms with Crippen molar-refractivity contribution < 1.29 is 14.1 Å². The van der Waals surface area contributed by atoms with Crippen LogP contribution in [0.5, 0.6) is 0 Å². The van der Waals surface area contributed by atoms with Gasteiger partial charge < -0.3 is 9.73 Å². The lowest BCUT2D eigenvalue weighted by atomic mass is 10.1. The van der Waals surface area contributed by atoms with Crippen LogP contribution >= 0.6 is 11.8 Å². The van der Waals surface area contributed by atoms with E-state index in [0.29, 0.717) is 17.3 Å². The number of carbonyl (C=O) groups is 1. The average molecular weight is 344 g/mol. The number of benzene rings is 1. The molecule has 3 rings (SSSR count). The van der Waals surface area contributed by atoms with Crippen LogP contribution in [-0.4, -0.2) is 27.5 Å². The van der Waals surface area contributed by atoms with Gasteiger partial charge in [-0.1, -0.05) is 23.9 Å². The summed E-state index contributed by atoms with van der Waals surface area (Å²) in [5.74, 6) is 0.361. The molecule has 122 valence electrons. The Bertz CT molecular complexity index is 817. The molecule has 1 fully saturated rings. The van der Waals surface area contributed by atoms with E-state index >= 15 is 0 Å². The van der Waals surface area contributed by atoms with Gasteiger partial charge in [-0.15, -0.1) is 5.10 Å². The lowest BCUT2D eigenvalue weighted by Crippen LogP contribution is -2.25. The molecule has 1 N–H and O–H groups in total. The van der Waals surface area contributed by atoms with E-state index in [1.165, 1.54) is 36.4 Å². The smallest absolute Gasteiger partial charge is 0.269 e. The molecule has 2 heterocycles. The summed E-state index contributed by atoms with van der Waals surface area (Å²) in [5, 5.41) is 21.2. The Balaban J connectivity index is 1.64. The average Bonchev–Trinajstić information content (AvgIpc) is 3.18. The number of nitro groups is 1. The molecule has 8 nitrogen and oxygen atoms in total. The van der Waals surface area contributed by atoms with Gasteiger partial charge in [-0.05, 0) is 24.1 Å². The fourth-order valence-corrected chi connectivity index (χ4v) is 3.07. The molecule has 1 aromatic carbocycles. The number of amidine groups is 1. The highest BCUT2D eigenvalue weighted by Crippen LogP contribution is 2.24. The quantitative estimate of drug-likeness (QED) is 0.508. The number of hydrogen-bond donors (Lipinski definition) is 1. The molecule has 2 aromatic rings. The summed E-state index contributed by atoms with van der Waals surface area (Å²) >= 11 is 1.24. The Morgan fingerprint density at radius 3 is 3.00 bits per heavy atom. The van der Waals surface area contributed by atoms with Crippen LogP contribution in [0.1, 0.15) is 11.3 Å². The highest BCUT2D eigenvalue weighted by molar-refractivity contribution is 8.15. The fraction of sp³-hybridized carbons (Fsp3) is 0.133. The first kappa shape index (κ1) is 15.9. The number of nitro benzene ring substituents is 1. The largest absolute Gasteiger partial charge is 0.463 e. The molecule has 1 saturated heterocycles. The van der Waals surface area contributed by atoms with Crippen LogP contribution in [0.2, 0.25) is 0 Å². The fourth-order valence-electron chi connectivity index (χ4n) is 2.10. The van der Waals surface area contributed by atoms with Gasteiger partial charge in [0.25, 0.3) is 5.69 Å². The van der Waals surface area contributed by atoms with E-state index in [0.717, 1.165) is 5.56 Å². The monoisotopic (exact) mass is 344 g/mol. The van der Waals surface area contributed by atoms with Gasteiger partial charge in [0.15, 0.2) is 5.17 Å². The van der Waals surface area contributed by atoms with Crippen molar-refractivity contribution in [3.63, 3.8) is 0 Å². The van der Waals surface area contributed by atoms with Crippen molar-refractivity contribution in [1.82, 2.24) is 5.32 Å². The zero-order valence-electron chi connectivity index (χ0n) is 12.3. The Kier molecular flexibility index (Phi) is 4.71. The Morgan fingerprint density at radius 1 is 1.38 bits per heavy atom. The van der Waals surface area contributed by atoms with E-state index in [1.807, 2.05) is 0 Å². The molecule has 0 radical (unpaired) electrons. The molecule has 0 unspecified atom stereocenters. The van der Waals surface area contributed by atoms with Crippen LogP contribution in [0.4, 0.5) is 5.69 Å². The van der Waals surface area contributed by atoms with Crippen LogP contribution in [0.25, 0.3) is 0 Å². The Labute approximate surface area is 140 Å². The van der Waals surface area contributed by atoms with Gasteiger partial charge in [-0.3, -0.25) is 14.9 Å². The maximum atomic E-state index is 12.0. The zero-order valence-corrected chi connectivity index (χ0v) is 13.1. The third kappa shape index (κ3) is 3.87. The van der Waals surface area contributed by atoms with Crippen molar-refractivity contribution in [1.29, 1.82) is 0 Å². The SMILES string of the molecule is O=C1N/C(=N/N=C\c2ccco2)S[C@H]1Cc1cccc([N+](=O)[O-])c1. The first-order valence-corrected chi connectivity index (χ1v) is 7.85. The molecule has 0 bridgehead atoms. The number of amides is 1. The van der Waals surface area contributed by atoms with Crippen LogP contribution in [0.15, 0.2) is 57.3 Å². The van der Waals surface area contributed by atoms with E-state index in [4.69, 9.17) is 4.42 Å². The van der Waals surface area contributed by atoms with Crippen molar-refractivity contribution in [3.05, 3.63) is 64.1 Å². The van der Waals surface area contributed by atoms with Gasteiger partial charge in [0.2, 0.25) is 5.91 Å². The Hall–Kier alpha value is -2.94. The molecular formula is C15H12N4O4S. The molecule has 1 aliphatic heterocycles. The van der Waals surface area contributed by atoms with Gasteiger partial charge in [-0.2, -0.15) is 5.10 Å². The molecule has 1 aliphatic rings. The zero-order chi connectivity index (χ0) is 16.9. The van der Waals surface area contributed by atoms with E-state index in [2.05, 4.69) is 15.5 Å². The maximum absolute atomic E-state index is 12.0. The molecule has 0 saturated carbocycles. The van der Waals surface area contributed by atoms with Gasteiger partial charge in [-0.25, -0.2) is 0 Å². The molecule has 1 atom stereocenters. The first-order valence-electron chi connectivity index (χ1n) is 6.97. The van der Waals surface area contributed by atoms with Gasteiger partial charge in [0.05, 0.1) is 22.7 Å². The van der Waals surface area contributed by atoms with E-state index in [1.54, 1.807) is 24.3 Å². The van der Waals surface area contributed by atoms with Crippen LogP contribution in [-0.2, 0) is 11.2 Å². The number of furan rings is 1. The third-order valence-electron chi connectivity index (χ3n) is 3.20. The second kappa shape index (κ2) is 7.09. The molecule has 24 heavy (non-hydrogen) atoms. The number of hydrogen-bond acceptors (Lipinski definition) is 7. The second-order valence-electron chi connectivity index (χ2n) is 4.89. The van der Waals surface area contributed by atoms with Crippen LogP contribution in [0.3, 0.4) is 0 Å². The lowest BCUT2D eigenvalue weighted by molar-refractivity contribution is -0.384.